The molecule has 3 nitrogen and oxygen atoms in total. The van der Waals surface area contributed by atoms with E-state index in [9.17, 15) is 8.42 Å². The van der Waals surface area contributed by atoms with Gasteiger partial charge >= 0.3 is 0 Å². The van der Waals surface area contributed by atoms with Crippen molar-refractivity contribution in [1.82, 2.24) is 4.31 Å². The van der Waals surface area contributed by atoms with Crippen molar-refractivity contribution >= 4 is 18.6 Å². The smallest absolute Gasteiger partial charge is 0.207 e. The zero-order valence-electron chi connectivity index (χ0n) is 11.3. The number of hydrogen-bond donors (Lipinski definition) is 0. The Morgan fingerprint density at radius 1 is 1.22 bits per heavy atom. The van der Waals surface area contributed by atoms with E-state index in [1.54, 1.807) is 16.4 Å². The minimum Gasteiger partial charge on any atom is -0.207 e. The van der Waals surface area contributed by atoms with Gasteiger partial charge in [-0.15, -0.1) is 8.58 Å². The number of benzene rings is 1. The highest BCUT2D eigenvalue weighted by atomic mass is 32.2. The largest absolute Gasteiger partial charge is 0.243 e. The molecule has 1 aliphatic heterocycles. The average molecular weight is 287 g/mol. The van der Waals surface area contributed by atoms with Crippen LogP contribution < -0.4 is 0 Å². The summed E-state index contributed by atoms with van der Waals surface area (Å²) < 4.78 is 26.3. The summed E-state index contributed by atoms with van der Waals surface area (Å²) in [6, 6.07) is 7.19. The van der Waals surface area contributed by atoms with Crippen molar-refractivity contribution in [1.29, 1.82) is 0 Å². The number of hydrogen-bond acceptors (Lipinski definition) is 2. The molecule has 0 spiro atoms. The molecule has 1 unspecified atom stereocenters. The van der Waals surface area contributed by atoms with Gasteiger partial charge in [-0.05, 0) is 31.1 Å². The van der Waals surface area contributed by atoms with Crippen LogP contribution in [0.4, 0.5) is 0 Å². The highest BCUT2D eigenvalue weighted by molar-refractivity contribution is 7.89. The van der Waals surface area contributed by atoms with Gasteiger partial charge in [0.2, 0.25) is 10.0 Å². The lowest BCUT2D eigenvalue weighted by atomic mass is 10.2. The normalized spacial score (nSPS) is 18.2. The van der Waals surface area contributed by atoms with Crippen LogP contribution in [0.5, 0.6) is 0 Å². The van der Waals surface area contributed by atoms with Crippen LogP contribution in [-0.4, -0.2) is 31.7 Å². The third-order valence-corrected chi connectivity index (χ3v) is 6.31. The van der Waals surface area contributed by atoms with Gasteiger partial charge in [-0.1, -0.05) is 32.0 Å². The van der Waals surface area contributed by atoms with Crippen LogP contribution in [-0.2, 0) is 10.0 Å². The zero-order chi connectivity index (χ0) is 13.6. The van der Waals surface area contributed by atoms with Gasteiger partial charge in [0.15, 0.2) is 0 Å². The molecule has 1 saturated heterocycles. The molecule has 0 N–H and O–H groups in total. The van der Waals surface area contributed by atoms with Crippen LogP contribution in [0, 0.1) is 6.92 Å². The maximum Gasteiger partial charge on any atom is 0.243 e. The van der Waals surface area contributed by atoms with Crippen molar-refractivity contribution in [2.75, 3.05) is 19.0 Å². The monoisotopic (exact) mass is 287 g/mol. The first-order chi connectivity index (χ1) is 8.62. The maximum absolute atomic E-state index is 12.3. The number of nitrogens with zero attached hydrogens (tertiary/aromatic N) is 1. The molecule has 0 radical (unpaired) electrons. The minimum absolute atomic E-state index is 0.460. The highest BCUT2D eigenvalue weighted by Gasteiger charge is 2.26. The Balaban J connectivity index is 0.000000771. The summed E-state index contributed by atoms with van der Waals surface area (Å²) in [7, 11) is -2.51. The fourth-order valence-electron chi connectivity index (χ4n) is 1.85. The van der Waals surface area contributed by atoms with Crippen molar-refractivity contribution in [2.45, 2.75) is 32.1 Å². The molecule has 1 aliphatic rings. The Morgan fingerprint density at radius 2 is 1.89 bits per heavy atom. The van der Waals surface area contributed by atoms with Gasteiger partial charge in [0, 0.05) is 12.8 Å². The second-order valence-electron chi connectivity index (χ2n) is 3.96. The van der Waals surface area contributed by atoms with E-state index in [1.807, 2.05) is 32.9 Å². The number of aryl methyl sites for hydroxylation is 1. The van der Waals surface area contributed by atoms with Crippen molar-refractivity contribution in [2.24, 2.45) is 0 Å². The molecule has 1 aromatic carbocycles. The molecule has 102 valence electrons. The lowest BCUT2D eigenvalue weighted by molar-refractivity contribution is 0.448. The predicted molar refractivity (Wildman–Crippen MR) is 79.1 cm³/mol. The van der Waals surface area contributed by atoms with Crippen molar-refractivity contribution in [3.63, 3.8) is 0 Å². The van der Waals surface area contributed by atoms with Gasteiger partial charge in [0.1, 0.15) is 0 Å². The molecule has 0 bridgehead atoms. The Labute approximate surface area is 112 Å². The standard InChI is InChI=1S/C11H16NO2PS.C2H6/c1-10-5-2-3-6-11(10)16(13,14)12-7-4-8-15-9-12;1-2/h2-3,5-6,15H,4,7-9H2,1H3;1-2H3. The average Bonchev–Trinajstić information content (AvgIpc) is 2.42. The molecule has 1 aromatic rings. The van der Waals surface area contributed by atoms with Gasteiger partial charge < -0.3 is 0 Å². The lowest BCUT2D eigenvalue weighted by Gasteiger charge is -2.26. The zero-order valence-corrected chi connectivity index (χ0v) is 13.1. The second kappa shape index (κ2) is 7.22. The second-order valence-corrected chi connectivity index (χ2v) is 7.18. The van der Waals surface area contributed by atoms with Crippen LogP contribution in [0.25, 0.3) is 0 Å². The summed E-state index contributed by atoms with van der Waals surface area (Å²) in [6.45, 7) is 6.52. The molecule has 0 amide bonds. The summed E-state index contributed by atoms with van der Waals surface area (Å²) in [4.78, 5) is 0.460. The third kappa shape index (κ3) is 3.53. The molecular formula is C13H22NO2PS. The lowest BCUT2D eigenvalue weighted by Crippen LogP contribution is -2.34. The molecule has 5 heteroatoms. The summed E-state index contributed by atoms with van der Waals surface area (Å²) in [5, 5.41) is 0. The van der Waals surface area contributed by atoms with Crippen LogP contribution in [0.2, 0.25) is 0 Å². The molecule has 0 saturated carbocycles. The fourth-order valence-corrected chi connectivity index (χ4v) is 5.15. The first-order valence-electron chi connectivity index (χ1n) is 6.39. The van der Waals surface area contributed by atoms with E-state index in [2.05, 4.69) is 0 Å². The van der Waals surface area contributed by atoms with Gasteiger partial charge in [-0.3, -0.25) is 0 Å². The van der Waals surface area contributed by atoms with Crippen LogP contribution in [0.1, 0.15) is 25.8 Å². The molecular weight excluding hydrogens is 265 g/mol. The Kier molecular flexibility index (Phi) is 6.27. The van der Waals surface area contributed by atoms with E-state index >= 15 is 0 Å². The van der Waals surface area contributed by atoms with Crippen LogP contribution in [0.3, 0.4) is 0 Å². The van der Waals surface area contributed by atoms with Gasteiger partial charge in [0.25, 0.3) is 0 Å². The van der Waals surface area contributed by atoms with E-state index in [1.165, 1.54) is 6.16 Å². The number of sulfonamides is 1. The van der Waals surface area contributed by atoms with Crippen LogP contribution in [0.15, 0.2) is 29.2 Å². The summed E-state index contributed by atoms with van der Waals surface area (Å²) >= 11 is 0. The van der Waals surface area contributed by atoms with Gasteiger partial charge in [-0.2, -0.15) is 4.31 Å². The summed E-state index contributed by atoms with van der Waals surface area (Å²) in [5.41, 5.74) is 0.830. The molecule has 1 atom stereocenters. The van der Waals surface area contributed by atoms with Crippen molar-refractivity contribution < 1.29 is 8.42 Å². The minimum atomic E-state index is -3.25. The Hall–Kier alpha value is -0.440. The SMILES string of the molecule is CC.Cc1ccccc1S(=O)(=O)N1CCCPC1. The van der Waals surface area contributed by atoms with E-state index in [-0.39, 0.29) is 0 Å². The fraction of sp³-hybridized carbons (Fsp3) is 0.538. The predicted octanol–water partition coefficient (Wildman–Crippen LogP) is 3.05. The quantitative estimate of drug-likeness (QED) is 0.784. The van der Waals surface area contributed by atoms with E-state index in [0.717, 1.165) is 20.6 Å². The molecule has 18 heavy (non-hydrogen) atoms. The number of rotatable bonds is 2. The summed E-state index contributed by atoms with van der Waals surface area (Å²) in [5.74, 6) is 0. The maximum atomic E-state index is 12.3. The first-order valence-corrected chi connectivity index (χ1v) is 9.24. The van der Waals surface area contributed by atoms with Gasteiger partial charge in [0.05, 0.1) is 4.90 Å². The van der Waals surface area contributed by atoms with E-state index in [0.29, 0.717) is 17.7 Å². The van der Waals surface area contributed by atoms with E-state index in [4.69, 9.17) is 0 Å². The van der Waals surface area contributed by atoms with Gasteiger partial charge in [-0.25, -0.2) is 8.42 Å². The third-order valence-electron chi connectivity index (χ3n) is 2.76. The first kappa shape index (κ1) is 15.6. The topological polar surface area (TPSA) is 37.4 Å². The van der Waals surface area contributed by atoms with Crippen molar-refractivity contribution in [3.05, 3.63) is 29.8 Å². The molecule has 1 fully saturated rings. The Bertz CT molecular complexity index is 468. The highest BCUT2D eigenvalue weighted by Crippen LogP contribution is 2.27. The molecule has 0 aliphatic carbocycles. The Morgan fingerprint density at radius 3 is 2.44 bits per heavy atom. The van der Waals surface area contributed by atoms with Crippen molar-refractivity contribution in [3.8, 4) is 0 Å². The molecule has 0 aromatic heterocycles. The van der Waals surface area contributed by atoms with Crippen LogP contribution >= 0.6 is 8.58 Å². The van der Waals surface area contributed by atoms with E-state index < -0.39 is 10.0 Å². The summed E-state index contributed by atoms with van der Waals surface area (Å²) in [6.07, 6.45) is 2.85. The molecule has 1 heterocycles. The molecule has 2 rings (SSSR count).